The zero-order valence-corrected chi connectivity index (χ0v) is 14.2. The number of fused-ring (bicyclic) bond motifs is 1. The van der Waals surface area contributed by atoms with E-state index in [1.807, 2.05) is 0 Å². The van der Waals surface area contributed by atoms with Crippen molar-refractivity contribution in [3.8, 4) is 11.5 Å². The van der Waals surface area contributed by atoms with Gasteiger partial charge in [0.25, 0.3) is 5.91 Å². The molecule has 0 atom stereocenters. The maximum Gasteiger partial charge on any atom is 0.262 e. The van der Waals surface area contributed by atoms with E-state index in [-0.39, 0.29) is 29.7 Å². The molecule has 132 valence electrons. The Kier molecular flexibility index (Phi) is 4.41. The molecule has 3 rings (SSSR count). The van der Waals surface area contributed by atoms with E-state index in [0.717, 1.165) is 12.8 Å². The number of amides is 1. The van der Waals surface area contributed by atoms with Crippen molar-refractivity contribution < 1.29 is 22.7 Å². The first-order chi connectivity index (χ1) is 11.4. The first kappa shape index (κ1) is 17.0. The largest absolute Gasteiger partial charge is 0.495 e. The quantitative estimate of drug-likeness (QED) is 0.710. The summed E-state index contributed by atoms with van der Waals surface area (Å²) in [5.41, 5.74) is 5.59. The number of nitrogens with one attached hydrogen (secondary N) is 2. The molecule has 1 amide bonds. The molecule has 0 aromatic heterocycles. The van der Waals surface area contributed by atoms with Crippen LogP contribution in [0.2, 0.25) is 0 Å². The van der Waals surface area contributed by atoms with Crippen LogP contribution in [0.15, 0.2) is 17.0 Å². The second-order valence-corrected chi connectivity index (χ2v) is 7.78. The molecule has 1 fully saturated rings. The third-order valence-corrected chi connectivity index (χ3v) is 6.09. The van der Waals surface area contributed by atoms with E-state index in [1.165, 1.54) is 19.2 Å². The zero-order chi connectivity index (χ0) is 17.4. The van der Waals surface area contributed by atoms with Gasteiger partial charge in [-0.3, -0.25) is 4.79 Å². The Balaban J connectivity index is 1.99. The molecule has 0 bridgehead atoms. The lowest BCUT2D eigenvalue weighted by molar-refractivity contribution is -0.118. The number of anilines is 1. The van der Waals surface area contributed by atoms with Gasteiger partial charge in [-0.15, -0.1) is 0 Å². The van der Waals surface area contributed by atoms with E-state index < -0.39 is 15.6 Å². The van der Waals surface area contributed by atoms with Gasteiger partial charge in [0.15, 0.2) is 6.61 Å². The van der Waals surface area contributed by atoms with Crippen molar-refractivity contribution in [2.24, 2.45) is 5.73 Å². The molecule has 0 unspecified atom stereocenters. The van der Waals surface area contributed by atoms with Gasteiger partial charge in [-0.2, -0.15) is 0 Å². The maximum absolute atomic E-state index is 12.9. The smallest absolute Gasteiger partial charge is 0.262 e. The van der Waals surface area contributed by atoms with Crippen LogP contribution >= 0.6 is 0 Å². The Morgan fingerprint density at radius 3 is 2.71 bits per heavy atom. The fourth-order valence-electron chi connectivity index (χ4n) is 3.20. The standard InChI is InChI=1S/C15H21N3O5S/c1-22-12-6-10-11(23-8-14(19)17-10)7-13(12)24(20,21)18-15(9-16)4-2-3-5-15/h6-7,18H,2-5,8-9,16H2,1H3,(H,17,19). The average molecular weight is 355 g/mol. The van der Waals surface area contributed by atoms with Gasteiger partial charge in [0.1, 0.15) is 16.4 Å². The Bertz CT molecular complexity index is 757. The lowest BCUT2D eigenvalue weighted by Crippen LogP contribution is -2.51. The van der Waals surface area contributed by atoms with Crippen LogP contribution in [0, 0.1) is 0 Å². The van der Waals surface area contributed by atoms with Crippen molar-refractivity contribution in [1.29, 1.82) is 0 Å². The Labute approximate surface area is 140 Å². The average Bonchev–Trinajstić information content (AvgIpc) is 3.01. The van der Waals surface area contributed by atoms with Crippen LogP contribution in [-0.2, 0) is 14.8 Å². The normalized spacial score (nSPS) is 19.3. The molecule has 1 aromatic rings. The van der Waals surface area contributed by atoms with Crippen LogP contribution in [0.25, 0.3) is 0 Å². The van der Waals surface area contributed by atoms with Gasteiger partial charge in [-0.1, -0.05) is 12.8 Å². The topological polar surface area (TPSA) is 120 Å². The van der Waals surface area contributed by atoms with Gasteiger partial charge in [0.2, 0.25) is 10.0 Å². The highest BCUT2D eigenvalue weighted by atomic mass is 32.2. The minimum absolute atomic E-state index is 0.0281. The predicted molar refractivity (Wildman–Crippen MR) is 87.7 cm³/mol. The highest BCUT2D eigenvalue weighted by Gasteiger charge is 2.38. The maximum atomic E-state index is 12.9. The second kappa shape index (κ2) is 6.23. The summed E-state index contributed by atoms with van der Waals surface area (Å²) >= 11 is 0. The Morgan fingerprint density at radius 2 is 2.08 bits per heavy atom. The molecule has 1 aliphatic carbocycles. The van der Waals surface area contributed by atoms with Gasteiger partial charge in [-0.05, 0) is 12.8 Å². The molecule has 8 nitrogen and oxygen atoms in total. The number of rotatable bonds is 5. The number of hydrogen-bond donors (Lipinski definition) is 3. The van der Waals surface area contributed by atoms with E-state index in [2.05, 4.69) is 10.0 Å². The van der Waals surface area contributed by atoms with Crippen molar-refractivity contribution in [3.05, 3.63) is 12.1 Å². The SMILES string of the molecule is COc1cc2c(cc1S(=O)(=O)NC1(CN)CCCC1)OCC(=O)N2. The second-order valence-electron chi connectivity index (χ2n) is 6.13. The highest BCUT2D eigenvalue weighted by Crippen LogP contribution is 2.38. The summed E-state index contributed by atoms with van der Waals surface area (Å²) in [7, 11) is -2.48. The number of ether oxygens (including phenoxy) is 2. The lowest BCUT2D eigenvalue weighted by atomic mass is 10.0. The predicted octanol–water partition coefficient (Wildman–Crippen LogP) is 0.576. The minimum Gasteiger partial charge on any atom is -0.495 e. The van der Waals surface area contributed by atoms with E-state index in [9.17, 15) is 13.2 Å². The first-order valence-electron chi connectivity index (χ1n) is 7.78. The van der Waals surface area contributed by atoms with Crippen LogP contribution in [0.1, 0.15) is 25.7 Å². The molecule has 0 radical (unpaired) electrons. The summed E-state index contributed by atoms with van der Waals surface area (Å²) < 4.78 is 39.0. The fourth-order valence-corrected chi connectivity index (χ4v) is 4.83. The van der Waals surface area contributed by atoms with E-state index in [0.29, 0.717) is 24.3 Å². The summed E-state index contributed by atoms with van der Waals surface area (Å²) in [5, 5.41) is 2.63. The van der Waals surface area contributed by atoms with Crippen molar-refractivity contribution >= 4 is 21.6 Å². The Morgan fingerprint density at radius 1 is 1.38 bits per heavy atom. The van der Waals surface area contributed by atoms with Crippen LogP contribution < -0.4 is 25.2 Å². The summed E-state index contributed by atoms with van der Waals surface area (Å²) in [4.78, 5) is 11.4. The lowest BCUT2D eigenvalue weighted by Gasteiger charge is -2.29. The van der Waals surface area contributed by atoms with Crippen molar-refractivity contribution in [2.75, 3.05) is 25.6 Å². The van der Waals surface area contributed by atoms with Crippen molar-refractivity contribution in [2.45, 2.75) is 36.1 Å². The van der Waals surface area contributed by atoms with E-state index >= 15 is 0 Å². The highest BCUT2D eigenvalue weighted by molar-refractivity contribution is 7.89. The monoisotopic (exact) mass is 355 g/mol. The molecule has 1 aromatic carbocycles. The molecule has 1 heterocycles. The summed E-state index contributed by atoms with van der Waals surface area (Å²) in [6, 6.07) is 2.82. The first-order valence-corrected chi connectivity index (χ1v) is 9.26. The van der Waals surface area contributed by atoms with Crippen LogP contribution in [0.5, 0.6) is 11.5 Å². The van der Waals surface area contributed by atoms with Crippen molar-refractivity contribution in [3.63, 3.8) is 0 Å². The van der Waals surface area contributed by atoms with Crippen molar-refractivity contribution in [1.82, 2.24) is 4.72 Å². The van der Waals surface area contributed by atoms with Crippen LogP contribution in [-0.4, -0.2) is 40.1 Å². The Hall–Kier alpha value is -1.84. The number of carbonyl (C=O) groups excluding carboxylic acids is 1. The summed E-state index contributed by atoms with van der Waals surface area (Å²) in [5.74, 6) is 0.132. The molecule has 24 heavy (non-hydrogen) atoms. The molecule has 0 spiro atoms. The number of methoxy groups -OCH3 is 1. The fraction of sp³-hybridized carbons (Fsp3) is 0.533. The minimum atomic E-state index is -3.85. The molecule has 2 aliphatic rings. The molecule has 1 aliphatic heterocycles. The molecular formula is C15H21N3O5S. The third kappa shape index (κ3) is 3.06. The van der Waals surface area contributed by atoms with E-state index in [4.69, 9.17) is 15.2 Å². The zero-order valence-electron chi connectivity index (χ0n) is 13.4. The van der Waals surface area contributed by atoms with Gasteiger partial charge >= 0.3 is 0 Å². The molecular weight excluding hydrogens is 334 g/mol. The molecule has 0 saturated heterocycles. The molecule has 4 N–H and O–H groups in total. The molecule has 1 saturated carbocycles. The molecule has 9 heteroatoms. The number of carbonyl (C=O) groups is 1. The van der Waals surface area contributed by atoms with Crippen LogP contribution in [0.4, 0.5) is 5.69 Å². The number of hydrogen-bond acceptors (Lipinski definition) is 6. The van der Waals surface area contributed by atoms with Gasteiger partial charge in [0.05, 0.1) is 12.8 Å². The number of nitrogens with two attached hydrogens (primary N) is 1. The third-order valence-electron chi connectivity index (χ3n) is 4.49. The van der Waals surface area contributed by atoms with Gasteiger partial charge in [-0.25, -0.2) is 13.1 Å². The van der Waals surface area contributed by atoms with Gasteiger partial charge < -0.3 is 20.5 Å². The van der Waals surface area contributed by atoms with E-state index in [1.54, 1.807) is 0 Å². The van der Waals surface area contributed by atoms with Gasteiger partial charge in [0, 0.05) is 24.2 Å². The number of benzene rings is 1. The van der Waals surface area contributed by atoms with Crippen LogP contribution in [0.3, 0.4) is 0 Å². The summed E-state index contributed by atoms with van der Waals surface area (Å²) in [6.07, 6.45) is 3.30. The number of sulfonamides is 1. The summed E-state index contributed by atoms with van der Waals surface area (Å²) in [6.45, 7) is 0.0883.